The number of nitrogens with two attached hydrogens (primary N) is 1. The second-order valence-corrected chi connectivity index (χ2v) is 5.79. The van der Waals surface area contributed by atoms with Crippen LogP contribution in [-0.4, -0.2) is 76.1 Å². The van der Waals surface area contributed by atoms with Crippen molar-refractivity contribution in [3.8, 4) is 0 Å². The highest BCUT2D eigenvalue weighted by Crippen LogP contribution is 2.18. The van der Waals surface area contributed by atoms with E-state index in [-0.39, 0.29) is 6.54 Å². The minimum atomic E-state index is -1.27. The van der Waals surface area contributed by atoms with E-state index in [1.165, 1.54) is 13.8 Å². The van der Waals surface area contributed by atoms with Gasteiger partial charge in [-0.15, -0.1) is 0 Å². The molecule has 1 aliphatic rings. The zero-order valence-electron chi connectivity index (χ0n) is 13.7. The van der Waals surface area contributed by atoms with E-state index in [9.17, 15) is 24.3 Å². The molecule has 3 amide bonds. The molecule has 0 aromatic carbocycles. The van der Waals surface area contributed by atoms with E-state index in [2.05, 4.69) is 10.6 Å². The van der Waals surface area contributed by atoms with Crippen molar-refractivity contribution in [2.75, 3.05) is 13.2 Å². The van der Waals surface area contributed by atoms with Gasteiger partial charge in [-0.2, -0.15) is 0 Å². The molecular weight excluding hydrogens is 320 g/mol. The minimum Gasteiger partial charge on any atom is -0.480 e. The largest absolute Gasteiger partial charge is 0.480 e. The molecule has 10 nitrogen and oxygen atoms in total. The van der Waals surface area contributed by atoms with Crippen LogP contribution in [-0.2, 0) is 19.2 Å². The first-order chi connectivity index (χ1) is 11.2. The molecule has 4 atom stereocenters. The van der Waals surface area contributed by atoms with E-state index < -0.39 is 54.5 Å². The van der Waals surface area contributed by atoms with Gasteiger partial charge in [-0.1, -0.05) is 0 Å². The van der Waals surface area contributed by atoms with Crippen molar-refractivity contribution in [1.82, 2.24) is 15.5 Å². The molecule has 0 saturated carbocycles. The van der Waals surface area contributed by atoms with E-state index in [1.807, 2.05) is 0 Å². The Morgan fingerprint density at radius 1 is 1.21 bits per heavy atom. The summed E-state index contributed by atoms with van der Waals surface area (Å²) in [5.41, 5.74) is 5.39. The molecule has 1 rings (SSSR count). The van der Waals surface area contributed by atoms with E-state index in [0.29, 0.717) is 12.8 Å². The van der Waals surface area contributed by atoms with Gasteiger partial charge in [0.05, 0.1) is 12.6 Å². The standard InChI is InChI=1S/C14H24N4O6/c1-7(15)11(20)16-8(2)12(21)17-9(6-19)13(22)18-5-3-4-10(18)14(23)24/h7-10,19H,3-6,15H2,1-2H3,(H,16,20)(H,17,21)(H,23,24). The number of nitrogens with one attached hydrogen (secondary N) is 2. The van der Waals surface area contributed by atoms with Gasteiger partial charge in [0.1, 0.15) is 18.1 Å². The SMILES string of the molecule is CC(N)C(=O)NC(C)C(=O)NC(CO)C(=O)N1CCCC1C(=O)O. The molecule has 0 aliphatic carbocycles. The van der Waals surface area contributed by atoms with Crippen molar-refractivity contribution < 1.29 is 29.4 Å². The van der Waals surface area contributed by atoms with E-state index in [0.717, 1.165) is 4.90 Å². The van der Waals surface area contributed by atoms with Crippen molar-refractivity contribution in [1.29, 1.82) is 0 Å². The Labute approximate surface area is 139 Å². The van der Waals surface area contributed by atoms with Crippen molar-refractivity contribution in [3.05, 3.63) is 0 Å². The predicted molar refractivity (Wildman–Crippen MR) is 82.6 cm³/mol. The molecule has 136 valence electrons. The van der Waals surface area contributed by atoms with Crippen LogP contribution in [0.4, 0.5) is 0 Å². The van der Waals surface area contributed by atoms with Crippen molar-refractivity contribution in [2.45, 2.75) is 50.9 Å². The number of aliphatic carboxylic acids is 1. The second kappa shape index (κ2) is 8.60. The summed E-state index contributed by atoms with van der Waals surface area (Å²) in [6.45, 7) is 2.43. The first-order valence-corrected chi connectivity index (χ1v) is 7.69. The first kappa shape index (κ1) is 19.8. The Kier molecular flexibility index (Phi) is 7.11. The van der Waals surface area contributed by atoms with Crippen LogP contribution in [0.25, 0.3) is 0 Å². The molecule has 4 unspecified atom stereocenters. The van der Waals surface area contributed by atoms with Gasteiger partial charge in [0.2, 0.25) is 17.7 Å². The van der Waals surface area contributed by atoms with Crippen LogP contribution in [0.15, 0.2) is 0 Å². The van der Waals surface area contributed by atoms with Gasteiger partial charge in [0.15, 0.2) is 0 Å². The Morgan fingerprint density at radius 3 is 2.33 bits per heavy atom. The molecule has 0 radical (unpaired) electrons. The normalized spacial score (nSPS) is 20.8. The zero-order chi connectivity index (χ0) is 18.4. The van der Waals surface area contributed by atoms with E-state index in [1.54, 1.807) is 0 Å². The topological polar surface area (TPSA) is 162 Å². The van der Waals surface area contributed by atoms with Crippen LogP contribution < -0.4 is 16.4 Å². The van der Waals surface area contributed by atoms with Gasteiger partial charge < -0.3 is 31.5 Å². The second-order valence-electron chi connectivity index (χ2n) is 5.79. The first-order valence-electron chi connectivity index (χ1n) is 7.69. The number of aliphatic hydroxyl groups excluding tert-OH is 1. The maximum absolute atomic E-state index is 12.4. The fraction of sp³-hybridized carbons (Fsp3) is 0.714. The molecule has 10 heteroatoms. The third-order valence-corrected chi connectivity index (χ3v) is 3.78. The third-order valence-electron chi connectivity index (χ3n) is 3.78. The Morgan fingerprint density at radius 2 is 1.83 bits per heavy atom. The van der Waals surface area contributed by atoms with Crippen molar-refractivity contribution in [3.63, 3.8) is 0 Å². The lowest BCUT2D eigenvalue weighted by Gasteiger charge is -2.27. The molecular formula is C14H24N4O6. The van der Waals surface area contributed by atoms with Gasteiger partial charge in [-0.25, -0.2) is 4.79 Å². The van der Waals surface area contributed by atoms with Gasteiger partial charge in [0, 0.05) is 6.54 Å². The number of carbonyl (C=O) groups excluding carboxylic acids is 3. The fourth-order valence-electron chi connectivity index (χ4n) is 2.38. The fourth-order valence-corrected chi connectivity index (χ4v) is 2.38. The molecule has 0 spiro atoms. The average Bonchev–Trinajstić information content (AvgIpc) is 3.01. The number of amides is 3. The summed E-state index contributed by atoms with van der Waals surface area (Å²) >= 11 is 0. The highest BCUT2D eigenvalue weighted by Gasteiger charge is 2.37. The van der Waals surface area contributed by atoms with Gasteiger partial charge in [0.25, 0.3) is 0 Å². The number of hydrogen-bond acceptors (Lipinski definition) is 6. The summed E-state index contributed by atoms with van der Waals surface area (Å²) in [5.74, 6) is -3.00. The molecule has 1 saturated heterocycles. The lowest BCUT2D eigenvalue weighted by molar-refractivity contribution is -0.150. The molecule has 0 aromatic rings. The van der Waals surface area contributed by atoms with Gasteiger partial charge >= 0.3 is 5.97 Å². The van der Waals surface area contributed by atoms with E-state index in [4.69, 9.17) is 10.8 Å². The predicted octanol–water partition coefficient (Wildman–Crippen LogP) is -2.61. The van der Waals surface area contributed by atoms with Crippen LogP contribution in [0.2, 0.25) is 0 Å². The molecule has 1 heterocycles. The molecule has 6 N–H and O–H groups in total. The van der Waals surface area contributed by atoms with Crippen LogP contribution in [0, 0.1) is 0 Å². The summed E-state index contributed by atoms with van der Waals surface area (Å²) in [4.78, 5) is 48.1. The molecule has 1 fully saturated rings. The van der Waals surface area contributed by atoms with Crippen LogP contribution in [0.1, 0.15) is 26.7 Å². The maximum atomic E-state index is 12.4. The lowest BCUT2D eigenvalue weighted by atomic mass is 10.2. The molecule has 0 bridgehead atoms. The summed E-state index contributed by atoms with van der Waals surface area (Å²) in [5, 5.41) is 23.2. The van der Waals surface area contributed by atoms with Crippen LogP contribution in [0.3, 0.4) is 0 Å². The van der Waals surface area contributed by atoms with Crippen LogP contribution in [0.5, 0.6) is 0 Å². The average molecular weight is 344 g/mol. The number of likely N-dealkylation sites (tertiary alicyclic amines) is 1. The highest BCUT2D eigenvalue weighted by molar-refractivity contribution is 5.94. The Bertz CT molecular complexity index is 509. The zero-order valence-corrected chi connectivity index (χ0v) is 13.7. The number of hydrogen-bond donors (Lipinski definition) is 5. The lowest BCUT2D eigenvalue weighted by Crippen LogP contribution is -2.57. The highest BCUT2D eigenvalue weighted by atomic mass is 16.4. The summed E-state index contributed by atoms with van der Waals surface area (Å²) in [6, 6.07) is -3.98. The van der Waals surface area contributed by atoms with Gasteiger partial charge in [-0.05, 0) is 26.7 Å². The number of rotatable bonds is 7. The molecule has 0 aromatic heterocycles. The molecule has 1 aliphatic heterocycles. The Hall–Kier alpha value is -2.20. The Balaban J connectivity index is 2.69. The number of nitrogens with zero attached hydrogens (tertiary/aromatic N) is 1. The summed E-state index contributed by atoms with van der Waals surface area (Å²) in [6.07, 6.45) is 0.865. The summed E-state index contributed by atoms with van der Waals surface area (Å²) in [7, 11) is 0. The molecule has 24 heavy (non-hydrogen) atoms. The number of aliphatic hydroxyl groups is 1. The minimum absolute atomic E-state index is 0.249. The number of carboxylic acid groups (broad SMARTS) is 1. The van der Waals surface area contributed by atoms with Crippen LogP contribution >= 0.6 is 0 Å². The third kappa shape index (κ3) is 4.90. The summed E-state index contributed by atoms with van der Waals surface area (Å²) < 4.78 is 0. The number of carboxylic acids is 1. The maximum Gasteiger partial charge on any atom is 0.326 e. The van der Waals surface area contributed by atoms with Gasteiger partial charge in [-0.3, -0.25) is 14.4 Å². The van der Waals surface area contributed by atoms with E-state index >= 15 is 0 Å². The monoisotopic (exact) mass is 344 g/mol. The van der Waals surface area contributed by atoms with Crippen molar-refractivity contribution in [2.24, 2.45) is 5.73 Å². The smallest absolute Gasteiger partial charge is 0.326 e. The van der Waals surface area contributed by atoms with Crippen molar-refractivity contribution >= 4 is 23.7 Å². The number of carbonyl (C=O) groups is 4. The quantitative estimate of drug-likeness (QED) is 0.338.